The minimum absolute atomic E-state index is 0.249. The molecule has 118 valence electrons. The predicted octanol–water partition coefficient (Wildman–Crippen LogP) is 5.08. The largest absolute Gasteiger partial charge is 0.279 e. The zero-order chi connectivity index (χ0) is 16.5. The molecular formula is C16H17BrClNO2S. The molecule has 0 amide bonds. The maximum atomic E-state index is 12.7. The van der Waals surface area contributed by atoms with E-state index in [1.54, 1.807) is 32.0 Å². The monoisotopic (exact) mass is 401 g/mol. The molecule has 3 nitrogen and oxygen atoms in total. The molecular weight excluding hydrogens is 386 g/mol. The van der Waals surface area contributed by atoms with Crippen molar-refractivity contribution in [2.24, 2.45) is 0 Å². The van der Waals surface area contributed by atoms with Gasteiger partial charge in [0, 0.05) is 9.50 Å². The third-order valence-electron chi connectivity index (χ3n) is 3.44. The van der Waals surface area contributed by atoms with Gasteiger partial charge in [-0.25, -0.2) is 8.42 Å². The number of anilines is 1. The number of aryl methyl sites for hydroxylation is 3. The van der Waals surface area contributed by atoms with Crippen LogP contribution in [0.4, 0.5) is 5.69 Å². The normalized spacial score (nSPS) is 11.5. The van der Waals surface area contributed by atoms with Gasteiger partial charge in [-0.05, 0) is 67.3 Å². The summed E-state index contributed by atoms with van der Waals surface area (Å²) in [5.41, 5.74) is 2.89. The smallest absolute Gasteiger partial charge is 0.262 e. The van der Waals surface area contributed by atoms with Gasteiger partial charge >= 0.3 is 0 Å². The fourth-order valence-electron chi connectivity index (χ4n) is 2.20. The minimum Gasteiger partial charge on any atom is -0.279 e. The lowest BCUT2D eigenvalue weighted by atomic mass is 10.1. The molecule has 2 rings (SSSR count). The molecule has 0 saturated carbocycles. The molecule has 0 aliphatic carbocycles. The molecule has 0 radical (unpaired) electrons. The van der Waals surface area contributed by atoms with Crippen molar-refractivity contribution in [3.05, 3.63) is 56.5 Å². The first kappa shape index (κ1) is 17.3. The van der Waals surface area contributed by atoms with Crippen LogP contribution in [-0.4, -0.2) is 8.42 Å². The Balaban J connectivity index is 2.47. The Kier molecular flexibility index (Phi) is 5.20. The average molecular weight is 403 g/mol. The van der Waals surface area contributed by atoms with E-state index in [2.05, 4.69) is 20.7 Å². The number of rotatable bonds is 4. The van der Waals surface area contributed by atoms with E-state index in [0.717, 1.165) is 22.0 Å². The van der Waals surface area contributed by atoms with Crippen LogP contribution in [0.5, 0.6) is 0 Å². The summed E-state index contributed by atoms with van der Waals surface area (Å²) in [4.78, 5) is 0.249. The van der Waals surface area contributed by atoms with E-state index in [0.29, 0.717) is 16.3 Å². The van der Waals surface area contributed by atoms with Crippen molar-refractivity contribution < 1.29 is 8.42 Å². The summed E-state index contributed by atoms with van der Waals surface area (Å²) in [6, 6.07) is 8.77. The number of hydrogen-bond acceptors (Lipinski definition) is 2. The lowest BCUT2D eigenvalue weighted by molar-refractivity contribution is 0.600. The highest BCUT2D eigenvalue weighted by Crippen LogP contribution is 2.28. The van der Waals surface area contributed by atoms with E-state index in [1.165, 1.54) is 0 Å². The first-order valence-electron chi connectivity index (χ1n) is 6.82. The van der Waals surface area contributed by atoms with E-state index in [4.69, 9.17) is 11.6 Å². The van der Waals surface area contributed by atoms with Crippen molar-refractivity contribution in [2.45, 2.75) is 32.1 Å². The van der Waals surface area contributed by atoms with Gasteiger partial charge in [0.05, 0.1) is 10.6 Å². The molecule has 0 aromatic heterocycles. The molecule has 0 bridgehead atoms. The molecule has 0 aliphatic heterocycles. The fourth-order valence-corrected chi connectivity index (χ4v) is 4.24. The van der Waals surface area contributed by atoms with Crippen LogP contribution < -0.4 is 4.72 Å². The van der Waals surface area contributed by atoms with Crippen LogP contribution in [0.1, 0.15) is 23.6 Å². The van der Waals surface area contributed by atoms with Gasteiger partial charge in [-0.15, -0.1) is 0 Å². The van der Waals surface area contributed by atoms with Crippen LogP contribution in [-0.2, 0) is 16.4 Å². The second kappa shape index (κ2) is 6.60. The van der Waals surface area contributed by atoms with Gasteiger partial charge in [0.1, 0.15) is 0 Å². The summed E-state index contributed by atoms with van der Waals surface area (Å²) in [6.07, 6.45) is 0.732. The summed E-state index contributed by atoms with van der Waals surface area (Å²) in [5, 5.41) is 0.564. The molecule has 0 atom stereocenters. The second-order valence-corrected chi connectivity index (χ2v) is 8.10. The highest BCUT2D eigenvalue weighted by Gasteiger charge is 2.19. The zero-order valence-electron chi connectivity index (χ0n) is 12.6. The maximum absolute atomic E-state index is 12.7. The highest BCUT2D eigenvalue weighted by atomic mass is 79.9. The van der Waals surface area contributed by atoms with Crippen LogP contribution in [0.25, 0.3) is 0 Å². The molecule has 0 heterocycles. The summed E-state index contributed by atoms with van der Waals surface area (Å²) in [6.45, 7) is 5.51. The number of sulfonamides is 1. The number of nitrogens with one attached hydrogen (secondary N) is 1. The summed E-state index contributed by atoms with van der Waals surface area (Å²) in [5.74, 6) is 0. The summed E-state index contributed by atoms with van der Waals surface area (Å²) >= 11 is 9.44. The predicted molar refractivity (Wildman–Crippen MR) is 95.3 cm³/mol. The van der Waals surface area contributed by atoms with Crippen LogP contribution in [0.3, 0.4) is 0 Å². The minimum atomic E-state index is -3.65. The lowest BCUT2D eigenvalue weighted by Crippen LogP contribution is -2.15. The summed E-state index contributed by atoms with van der Waals surface area (Å²) in [7, 11) is -3.65. The van der Waals surface area contributed by atoms with Gasteiger partial charge in [-0.1, -0.05) is 34.5 Å². The van der Waals surface area contributed by atoms with E-state index in [9.17, 15) is 8.42 Å². The van der Waals surface area contributed by atoms with Gasteiger partial charge < -0.3 is 0 Å². The topological polar surface area (TPSA) is 46.2 Å². The summed E-state index contributed by atoms with van der Waals surface area (Å²) < 4.78 is 28.9. The first-order valence-corrected chi connectivity index (χ1v) is 9.48. The van der Waals surface area contributed by atoms with Crippen LogP contribution in [0.2, 0.25) is 5.02 Å². The average Bonchev–Trinajstić information content (AvgIpc) is 2.44. The van der Waals surface area contributed by atoms with Crippen LogP contribution in [0.15, 0.2) is 39.7 Å². The number of hydrogen-bond donors (Lipinski definition) is 1. The Morgan fingerprint density at radius 1 is 1.14 bits per heavy atom. The quantitative estimate of drug-likeness (QED) is 0.775. The Morgan fingerprint density at radius 2 is 1.82 bits per heavy atom. The van der Waals surface area contributed by atoms with Crippen molar-refractivity contribution in [3.8, 4) is 0 Å². The molecule has 1 N–H and O–H groups in total. The maximum Gasteiger partial charge on any atom is 0.262 e. The van der Waals surface area contributed by atoms with E-state index in [-0.39, 0.29) is 4.90 Å². The van der Waals surface area contributed by atoms with Gasteiger partial charge in [0.15, 0.2) is 0 Å². The molecule has 0 aliphatic rings. The molecule has 6 heteroatoms. The second-order valence-electron chi connectivity index (χ2n) is 5.13. The van der Waals surface area contributed by atoms with Crippen molar-refractivity contribution in [1.29, 1.82) is 0 Å². The third kappa shape index (κ3) is 3.65. The van der Waals surface area contributed by atoms with Crippen molar-refractivity contribution >= 4 is 43.2 Å². The Labute approximate surface area is 144 Å². The molecule has 22 heavy (non-hydrogen) atoms. The molecule has 0 spiro atoms. The fraction of sp³-hybridized carbons (Fsp3) is 0.250. The standard InChI is InChI=1S/C16H17BrClNO2S/c1-4-12-9-13(17)5-6-15(12)19-22(20,21)16-8-10(2)14(18)7-11(16)3/h5-9,19H,4H2,1-3H3. The van der Waals surface area contributed by atoms with Gasteiger partial charge in [0.25, 0.3) is 10.0 Å². The lowest BCUT2D eigenvalue weighted by Gasteiger charge is -2.14. The molecule has 2 aromatic rings. The molecule has 0 unspecified atom stereocenters. The molecule has 0 fully saturated rings. The number of benzene rings is 2. The Hall–Kier alpha value is -1.04. The van der Waals surface area contributed by atoms with Crippen molar-refractivity contribution in [3.63, 3.8) is 0 Å². The van der Waals surface area contributed by atoms with Gasteiger partial charge in [-0.3, -0.25) is 4.72 Å². The number of halogens is 2. The third-order valence-corrected chi connectivity index (χ3v) is 5.85. The molecule has 2 aromatic carbocycles. The van der Waals surface area contributed by atoms with Crippen LogP contribution in [0, 0.1) is 13.8 Å². The van der Waals surface area contributed by atoms with E-state index >= 15 is 0 Å². The highest BCUT2D eigenvalue weighted by molar-refractivity contribution is 9.10. The van der Waals surface area contributed by atoms with Crippen LogP contribution >= 0.6 is 27.5 Å². The first-order chi connectivity index (χ1) is 10.2. The van der Waals surface area contributed by atoms with E-state index < -0.39 is 10.0 Å². The Bertz CT molecular complexity index is 819. The van der Waals surface area contributed by atoms with Gasteiger partial charge in [-0.2, -0.15) is 0 Å². The molecule has 0 saturated heterocycles. The zero-order valence-corrected chi connectivity index (χ0v) is 15.7. The van der Waals surface area contributed by atoms with Crippen molar-refractivity contribution in [2.75, 3.05) is 4.72 Å². The van der Waals surface area contributed by atoms with E-state index in [1.807, 2.05) is 19.1 Å². The SMILES string of the molecule is CCc1cc(Br)ccc1NS(=O)(=O)c1cc(C)c(Cl)cc1C. The Morgan fingerprint density at radius 3 is 2.45 bits per heavy atom. The van der Waals surface area contributed by atoms with Gasteiger partial charge in [0.2, 0.25) is 0 Å². The van der Waals surface area contributed by atoms with Crippen molar-refractivity contribution in [1.82, 2.24) is 0 Å².